The molecule has 0 radical (unpaired) electrons. The highest BCUT2D eigenvalue weighted by Crippen LogP contribution is 2.46. The molecule has 1 aliphatic carbocycles. The van der Waals surface area contributed by atoms with Crippen molar-refractivity contribution in [2.75, 3.05) is 19.8 Å². The van der Waals surface area contributed by atoms with Crippen LogP contribution in [-0.4, -0.2) is 57.1 Å². The summed E-state index contributed by atoms with van der Waals surface area (Å²) in [4.78, 5) is 2.20. The standard InChI is InChI=1S/C18H24F2N2O4S/c19-18(20)26-14-1-3-15(4-2-14)27(23,24)17-16-8-12(21)7-11(16)9-22(17)13-5-6-25-10-13/h1-4,11-13,16-18H,5-10,21H2/t11-,12+,13+,16+,17+/m1/s1. The maximum absolute atomic E-state index is 13.5. The molecule has 3 fully saturated rings. The predicted molar refractivity (Wildman–Crippen MR) is 94.2 cm³/mol. The number of ether oxygens (including phenoxy) is 2. The second kappa shape index (κ2) is 7.27. The van der Waals surface area contributed by atoms with Gasteiger partial charge in [0.2, 0.25) is 0 Å². The molecule has 5 atom stereocenters. The summed E-state index contributed by atoms with van der Waals surface area (Å²) in [5.74, 6) is 0.196. The number of nitrogens with zero attached hydrogens (tertiary/aromatic N) is 1. The third-order valence-corrected chi connectivity index (χ3v) is 8.18. The highest BCUT2D eigenvalue weighted by molar-refractivity contribution is 7.92. The molecule has 4 rings (SSSR count). The van der Waals surface area contributed by atoms with Crippen molar-refractivity contribution in [2.24, 2.45) is 17.6 Å². The number of likely N-dealkylation sites (tertiary alicyclic amines) is 1. The number of nitrogens with two attached hydrogens (primary N) is 1. The van der Waals surface area contributed by atoms with E-state index in [1.807, 2.05) is 0 Å². The minimum Gasteiger partial charge on any atom is -0.435 e. The van der Waals surface area contributed by atoms with E-state index in [1.54, 1.807) is 0 Å². The lowest BCUT2D eigenvalue weighted by atomic mass is 10.0. The molecule has 9 heteroatoms. The Kier molecular flexibility index (Phi) is 5.13. The van der Waals surface area contributed by atoms with Crippen LogP contribution in [0.1, 0.15) is 19.3 Å². The molecule has 0 spiro atoms. The summed E-state index contributed by atoms with van der Waals surface area (Å²) in [6.45, 7) is -1.05. The molecule has 3 aliphatic rings. The van der Waals surface area contributed by atoms with Crippen LogP contribution in [0.5, 0.6) is 5.75 Å². The van der Waals surface area contributed by atoms with Gasteiger partial charge in [-0.1, -0.05) is 0 Å². The number of rotatable bonds is 5. The highest BCUT2D eigenvalue weighted by Gasteiger charge is 2.54. The topological polar surface area (TPSA) is 81.9 Å². The second-order valence-electron chi connectivity index (χ2n) is 7.66. The molecule has 1 saturated carbocycles. The second-order valence-corrected chi connectivity index (χ2v) is 9.70. The fourth-order valence-electron chi connectivity index (χ4n) is 4.88. The molecule has 27 heavy (non-hydrogen) atoms. The van der Waals surface area contributed by atoms with Gasteiger partial charge in [0.1, 0.15) is 11.1 Å². The summed E-state index contributed by atoms with van der Waals surface area (Å²) in [6.07, 6.45) is 2.34. The van der Waals surface area contributed by atoms with Gasteiger partial charge in [0, 0.05) is 25.2 Å². The van der Waals surface area contributed by atoms with Crippen molar-refractivity contribution in [3.8, 4) is 5.75 Å². The van der Waals surface area contributed by atoms with Crippen LogP contribution in [0.25, 0.3) is 0 Å². The molecular formula is C18H24F2N2O4S. The smallest absolute Gasteiger partial charge is 0.387 e. The van der Waals surface area contributed by atoms with Gasteiger partial charge < -0.3 is 15.2 Å². The van der Waals surface area contributed by atoms with Crippen LogP contribution in [0.3, 0.4) is 0 Å². The minimum atomic E-state index is -3.68. The third kappa shape index (κ3) is 3.57. The SMILES string of the molecule is N[C@H]1C[C@@H]2CN([C@H]3CCOC3)[C@@H](S(=O)(=O)c3ccc(OC(F)F)cc3)[C@H]2C1. The molecule has 0 bridgehead atoms. The van der Waals surface area contributed by atoms with E-state index >= 15 is 0 Å². The molecule has 2 aliphatic heterocycles. The van der Waals surface area contributed by atoms with Crippen molar-refractivity contribution < 1.29 is 26.7 Å². The van der Waals surface area contributed by atoms with Crippen LogP contribution in [0.15, 0.2) is 29.2 Å². The first-order valence-electron chi connectivity index (χ1n) is 9.24. The average molecular weight is 402 g/mol. The van der Waals surface area contributed by atoms with Crippen molar-refractivity contribution in [3.63, 3.8) is 0 Å². The van der Waals surface area contributed by atoms with Gasteiger partial charge in [0.25, 0.3) is 0 Å². The Morgan fingerprint density at radius 2 is 1.96 bits per heavy atom. The summed E-state index contributed by atoms with van der Waals surface area (Å²) in [5.41, 5.74) is 6.11. The van der Waals surface area contributed by atoms with Crippen LogP contribution in [0.4, 0.5) is 8.78 Å². The first-order valence-corrected chi connectivity index (χ1v) is 10.8. The lowest BCUT2D eigenvalue weighted by molar-refractivity contribution is -0.0498. The van der Waals surface area contributed by atoms with E-state index in [-0.39, 0.29) is 34.6 Å². The summed E-state index contributed by atoms with van der Waals surface area (Å²) in [6, 6.07) is 5.36. The number of alkyl halides is 2. The molecule has 0 amide bonds. The van der Waals surface area contributed by atoms with Crippen molar-refractivity contribution in [3.05, 3.63) is 24.3 Å². The van der Waals surface area contributed by atoms with Crippen molar-refractivity contribution in [1.82, 2.24) is 4.90 Å². The molecule has 2 saturated heterocycles. The summed E-state index contributed by atoms with van der Waals surface area (Å²) in [5, 5.41) is -0.649. The minimum absolute atomic E-state index is 0.0115. The molecule has 6 nitrogen and oxygen atoms in total. The maximum atomic E-state index is 13.5. The average Bonchev–Trinajstić information content (AvgIpc) is 3.29. The number of benzene rings is 1. The molecule has 0 aromatic heterocycles. The maximum Gasteiger partial charge on any atom is 0.387 e. The monoisotopic (exact) mass is 402 g/mol. The number of hydrogen-bond donors (Lipinski definition) is 1. The largest absolute Gasteiger partial charge is 0.435 e. The van der Waals surface area contributed by atoms with Gasteiger partial charge in [0.05, 0.1) is 11.5 Å². The van der Waals surface area contributed by atoms with E-state index < -0.39 is 21.8 Å². The Hall–Kier alpha value is -1.29. The lowest BCUT2D eigenvalue weighted by Gasteiger charge is -2.32. The van der Waals surface area contributed by atoms with Crippen molar-refractivity contribution in [2.45, 2.75) is 48.2 Å². The van der Waals surface area contributed by atoms with Gasteiger partial charge in [-0.2, -0.15) is 8.78 Å². The van der Waals surface area contributed by atoms with Gasteiger partial charge in [-0.25, -0.2) is 8.42 Å². The van der Waals surface area contributed by atoms with Crippen LogP contribution < -0.4 is 10.5 Å². The number of hydrogen-bond acceptors (Lipinski definition) is 6. The van der Waals surface area contributed by atoms with Crippen molar-refractivity contribution in [1.29, 1.82) is 0 Å². The van der Waals surface area contributed by atoms with E-state index in [9.17, 15) is 17.2 Å². The molecule has 1 aromatic carbocycles. The molecule has 0 unspecified atom stereocenters. The van der Waals surface area contributed by atoms with Crippen molar-refractivity contribution >= 4 is 9.84 Å². The van der Waals surface area contributed by atoms with Crippen LogP contribution in [0.2, 0.25) is 0 Å². The van der Waals surface area contributed by atoms with Crippen LogP contribution in [0, 0.1) is 11.8 Å². The van der Waals surface area contributed by atoms with Gasteiger partial charge in [-0.15, -0.1) is 0 Å². The Morgan fingerprint density at radius 1 is 1.22 bits per heavy atom. The summed E-state index contributed by atoms with van der Waals surface area (Å²) < 4.78 is 61.4. The lowest BCUT2D eigenvalue weighted by Crippen LogP contribution is -2.46. The fourth-order valence-corrected chi connectivity index (χ4v) is 7.08. The molecule has 2 N–H and O–H groups in total. The summed E-state index contributed by atoms with van der Waals surface area (Å²) in [7, 11) is -3.68. The first-order chi connectivity index (χ1) is 12.9. The highest BCUT2D eigenvalue weighted by atomic mass is 32.2. The molecule has 150 valence electrons. The van der Waals surface area contributed by atoms with Crippen LogP contribution >= 0.6 is 0 Å². The van der Waals surface area contributed by atoms with E-state index in [0.717, 1.165) is 12.8 Å². The number of halogens is 2. The van der Waals surface area contributed by atoms with Gasteiger partial charge in [-0.05, 0) is 55.4 Å². The molecular weight excluding hydrogens is 378 g/mol. The zero-order chi connectivity index (χ0) is 19.2. The van der Waals surface area contributed by atoms with Gasteiger partial charge in [-0.3, -0.25) is 4.90 Å². The van der Waals surface area contributed by atoms with E-state index in [4.69, 9.17) is 10.5 Å². The Bertz CT molecular complexity index is 768. The molecule has 2 heterocycles. The number of fused-ring (bicyclic) bond motifs is 1. The van der Waals surface area contributed by atoms with E-state index in [2.05, 4.69) is 9.64 Å². The van der Waals surface area contributed by atoms with Gasteiger partial charge >= 0.3 is 6.61 Å². The number of sulfone groups is 1. The van der Waals surface area contributed by atoms with E-state index in [1.165, 1.54) is 24.3 Å². The quantitative estimate of drug-likeness (QED) is 0.810. The normalized spacial score (nSPS) is 34.3. The van der Waals surface area contributed by atoms with E-state index in [0.29, 0.717) is 26.2 Å². The van der Waals surface area contributed by atoms with Crippen LogP contribution in [-0.2, 0) is 14.6 Å². The first kappa shape index (κ1) is 19.0. The van der Waals surface area contributed by atoms with Gasteiger partial charge in [0.15, 0.2) is 9.84 Å². The third-order valence-electron chi connectivity index (χ3n) is 5.99. The molecule has 1 aromatic rings. The summed E-state index contributed by atoms with van der Waals surface area (Å²) >= 11 is 0. The predicted octanol–water partition coefficient (Wildman–Crippen LogP) is 1.85. The zero-order valence-corrected chi connectivity index (χ0v) is 15.7. The zero-order valence-electron chi connectivity index (χ0n) is 14.8. The Morgan fingerprint density at radius 3 is 2.59 bits per heavy atom. The fraction of sp³-hybridized carbons (Fsp3) is 0.667. The Labute approximate surface area is 157 Å². The Balaban J connectivity index is 1.64.